The first-order chi connectivity index (χ1) is 6.86. The van der Waals surface area contributed by atoms with Crippen LogP contribution in [-0.2, 0) is 6.18 Å². The van der Waals surface area contributed by atoms with Crippen molar-refractivity contribution in [1.29, 1.82) is 0 Å². The van der Waals surface area contributed by atoms with Crippen LogP contribution in [0, 0.1) is 5.82 Å². The topological polar surface area (TPSA) is 0 Å². The van der Waals surface area contributed by atoms with E-state index in [1.54, 1.807) is 0 Å². The third-order valence-electron chi connectivity index (χ3n) is 1.84. The summed E-state index contributed by atoms with van der Waals surface area (Å²) in [6.07, 6.45) is -4.49. The van der Waals surface area contributed by atoms with Crippen LogP contribution < -0.4 is 0 Å². The zero-order valence-corrected chi connectivity index (χ0v) is 8.29. The Morgan fingerprint density at radius 1 is 1.33 bits per heavy atom. The summed E-state index contributed by atoms with van der Waals surface area (Å²) in [6.45, 7) is 3.39. The van der Waals surface area contributed by atoms with Gasteiger partial charge in [-0.05, 0) is 23.8 Å². The lowest BCUT2D eigenvalue weighted by atomic mass is 10.0. The highest BCUT2D eigenvalue weighted by molar-refractivity contribution is 6.23. The van der Waals surface area contributed by atoms with Crippen molar-refractivity contribution >= 4 is 17.2 Å². The Balaban J connectivity index is 3.23. The molecule has 0 aliphatic heterocycles. The Hall–Kier alpha value is -1.03. The molecule has 0 aliphatic rings. The van der Waals surface area contributed by atoms with Crippen molar-refractivity contribution in [3.8, 4) is 0 Å². The van der Waals surface area contributed by atoms with Crippen molar-refractivity contribution in [2.75, 3.05) is 5.88 Å². The number of allylic oxidation sites excluding steroid dienone is 1. The number of rotatable bonds is 2. The Labute approximate surface area is 89.2 Å². The molecule has 82 valence electrons. The summed E-state index contributed by atoms with van der Waals surface area (Å²) >= 11 is 5.38. The van der Waals surface area contributed by atoms with Gasteiger partial charge in [-0.25, -0.2) is 4.39 Å². The quantitative estimate of drug-likeness (QED) is 0.538. The van der Waals surface area contributed by atoms with E-state index < -0.39 is 17.6 Å². The van der Waals surface area contributed by atoms with Crippen LogP contribution in [0.4, 0.5) is 17.6 Å². The maximum atomic E-state index is 13.1. The lowest BCUT2D eigenvalue weighted by molar-refractivity contribution is -0.137. The number of benzene rings is 1. The molecule has 1 rings (SSSR count). The smallest absolute Gasteiger partial charge is 0.206 e. The molecule has 0 fully saturated rings. The van der Waals surface area contributed by atoms with Crippen LogP contribution in [0.3, 0.4) is 0 Å². The minimum Gasteiger partial charge on any atom is -0.206 e. The van der Waals surface area contributed by atoms with E-state index in [0.29, 0.717) is 12.1 Å². The third-order valence-corrected chi connectivity index (χ3v) is 2.16. The van der Waals surface area contributed by atoms with Gasteiger partial charge in [-0.2, -0.15) is 13.2 Å². The summed E-state index contributed by atoms with van der Waals surface area (Å²) in [7, 11) is 0. The fourth-order valence-electron chi connectivity index (χ4n) is 1.04. The molecule has 0 radical (unpaired) electrons. The van der Waals surface area contributed by atoms with Crippen molar-refractivity contribution in [2.45, 2.75) is 6.18 Å². The van der Waals surface area contributed by atoms with Crippen LogP contribution in [0.1, 0.15) is 11.1 Å². The van der Waals surface area contributed by atoms with Crippen molar-refractivity contribution in [3.05, 3.63) is 41.7 Å². The number of halogens is 5. The first-order valence-electron chi connectivity index (χ1n) is 3.97. The maximum Gasteiger partial charge on any atom is 0.416 e. The Kier molecular flexibility index (Phi) is 3.39. The summed E-state index contributed by atoms with van der Waals surface area (Å²) < 4.78 is 50.0. The van der Waals surface area contributed by atoms with Gasteiger partial charge in [-0.3, -0.25) is 0 Å². The zero-order chi connectivity index (χ0) is 11.6. The van der Waals surface area contributed by atoms with Gasteiger partial charge >= 0.3 is 6.18 Å². The second-order valence-electron chi connectivity index (χ2n) is 2.93. The monoisotopic (exact) mass is 238 g/mol. The van der Waals surface area contributed by atoms with Gasteiger partial charge < -0.3 is 0 Å². The zero-order valence-electron chi connectivity index (χ0n) is 7.54. The van der Waals surface area contributed by atoms with E-state index in [2.05, 4.69) is 6.58 Å². The highest BCUT2D eigenvalue weighted by Gasteiger charge is 2.31. The van der Waals surface area contributed by atoms with Gasteiger partial charge in [0.05, 0.1) is 5.56 Å². The van der Waals surface area contributed by atoms with Crippen LogP contribution in [0.25, 0.3) is 5.57 Å². The van der Waals surface area contributed by atoms with Gasteiger partial charge in [0, 0.05) is 11.4 Å². The van der Waals surface area contributed by atoms with E-state index in [9.17, 15) is 17.6 Å². The van der Waals surface area contributed by atoms with Crippen LogP contribution in [0.2, 0.25) is 0 Å². The molecule has 0 atom stereocenters. The molecular formula is C10H7ClF4. The Morgan fingerprint density at radius 3 is 2.40 bits per heavy atom. The van der Waals surface area contributed by atoms with Crippen molar-refractivity contribution in [1.82, 2.24) is 0 Å². The SMILES string of the molecule is C=C(CCl)c1cc(C(F)(F)F)ccc1F. The Morgan fingerprint density at radius 2 is 1.93 bits per heavy atom. The first-order valence-corrected chi connectivity index (χ1v) is 4.50. The van der Waals surface area contributed by atoms with Gasteiger partial charge in [0.2, 0.25) is 0 Å². The van der Waals surface area contributed by atoms with Gasteiger partial charge in [-0.15, -0.1) is 11.6 Å². The van der Waals surface area contributed by atoms with E-state index in [1.165, 1.54) is 0 Å². The fraction of sp³-hybridized carbons (Fsp3) is 0.200. The maximum absolute atomic E-state index is 13.1. The summed E-state index contributed by atoms with van der Waals surface area (Å²) in [5.74, 6) is -0.869. The van der Waals surface area contributed by atoms with Crippen LogP contribution in [0.5, 0.6) is 0 Å². The molecule has 0 nitrogen and oxygen atoms in total. The number of hydrogen-bond donors (Lipinski definition) is 0. The second kappa shape index (κ2) is 4.23. The molecule has 1 aromatic rings. The third kappa shape index (κ3) is 2.72. The van der Waals surface area contributed by atoms with Gasteiger partial charge in [0.25, 0.3) is 0 Å². The van der Waals surface area contributed by atoms with Crippen LogP contribution in [-0.4, -0.2) is 5.88 Å². The minimum atomic E-state index is -4.49. The number of hydrogen-bond acceptors (Lipinski definition) is 0. The lowest BCUT2D eigenvalue weighted by Crippen LogP contribution is -2.06. The van der Waals surface area contributed by atoms with Gasteiger partial charge in [0.1, 0.15) is 5.82 Å². The first kappa shape index (κ1) is 12.0. The van der Waals surface area contributed by atoms with Crippen molar-refractivity contribution in [2.24, 2.45) is 0 Å². The normalized spacial score (nSPS) is 11.5. The fourth-order valence-corrected chi connectivity index (χ4v) is 1.19. The molecule has 0 saturated carbocycles. The van der Waals surface area contributed by atoms with Crippen molar-refractivity contribution in [3.63, 3.8) is 0 Å². The van der Waals surface area contributed by atoms with Crippen LogP contribution in [0.15, 0.2) is 24.8 Å². The minimum absolute atomic E-state index is 0.113. The molecule has 0 unspecified atom stereocenters. The standard InChI is InChI=1S/C10H7ClF4/c1-6(5-11)8-4-7(10(13,14)15)2-3-9(8)12/h2-4H,1,5H2. The Bertz CT molecular complexity index is 381. The molecule has 0 heterocycles. The van der Waals surface area contributed by atoms with E-state index >= 15 is 0 Å². The molecule has 0 bridgehead atoms. The summed E-state index contributed by atoms with van der Waals surface area (Å²) in [5, 5.41) is 0. The summed E-state index contributed by atoms with van der Waals surface area (Å²) in [6, 6.07) is 2.15. The lowest BCUT2D eigenvalue weighted by Gasteiger charge is -2.10. The van der Waals surface area contributed by atoms with Gasteiger partial charge in [-0.1, -0.05) is 6.58 Å². The second-order valence-corrected chi connectivity index (χ2v) is 3.20. The molecule has 0 N–H and O–H groups in total. The molecule has 5 heteroatoms. The predicted octanol–water partition coefficient (Wildman–Crippen LogP) is 4.10. The summed E-state index contributed by atoms with van der Waals surface area (Å²) in [4.78, 5) is 0. The number of alkyl halides is 4. The highest BCUT2D eigenvalue weighted by Crippen LogP contribution is 2.31. The molecule has 0 amide bonds. The van der Waals surface area contributed by atoms with E-state index in [1.807, 2.05) is 0 Å². The van der Waals surface area contributed by atoms with Crippen molar-refractivity contribution < 1.29 is 17.6 Å². The molecular weight excluding hydrogens is 232 g/mol. The van der Waals surface area contributed by atoms with E-state index in [0.717, 1.165) is 6.07 Å². The van der Waals surface area contributed by atoms with Crippen LogP contribution >= 0.6 is 11.6 Å². The van der Waals surface area contributed by atoms with Gasteiger partial charge in [0.15, 0.2) is 0 Å². The summed E-state index contributed by atoms with van der Waals surface area (Å²) in [5.41, 5.74) is -0.981. The molecule has 15 heavy (non-hydrogen) atoms. The van der Waals surface area contributed by atoms with E-state index in [-0.39, 0.29) is 17.0 Å². The average Bonchev–Trinajstić information content (AvgIpc) is 2.15. The molecule has 0 aromatic heterocycles. The molecule has 0 spiro atoms. The predicted molar refractivity (Wildman–Crippen MR) is 51.2 cm³/mol. The molecule has 1 aromatic carbocycles. The molecule has 0 saturated heterocycles. The largest absolute Gasteiger partial charge is 0.416 e. The average molecular weight is 239 g/mol. The molecule has 0 aliphatic carbocycles. The highest BCUT2D eigenvalue weighted by atomic mass is 35.5. The van der Waals surface area contributed by atoms with E-state index in [4.69, 9.17) is 11.6 Å².